The zero-order valence-electron chi connectivity index (χ0n) is 21.8. The van der Waals surface area contributed by atoms with Crippen molar-refractivity contribution in [1.29, 1.82) is 0 Å². The highest BCUT2D eigenvalue weighted by molar-refractivity contribution is 6.02. The van der Waals surface area contributed by atoms with Gasteiger partial charge in [0.05, 0.1) is 25.0 Å². The van der Waals surface area contributed by atoms with E-state index in [0.717, 1.165) is 32.1 Å². The van der Waals surface area contributed by atoms with Crippen LogP contribution in [0.2, 0.25) is 0 Å². The van der Waals surface area contributed by atoms with Crippen molar-refractivity contribution < 1.29 is 28.2 Å². The van der Waals surface area contributed by atoms with Gasteiger partial charge in [-0.15, -0.1) is 0 Å². The van der Waals surface area contributed by atoms with Crippen molar-refractivity contribution in [3.8, 4) is 5.75 Å². The molecular formula is C30H32FN3O5. The van der Waals surface area contributed by atoms with Gasteiger partial charge in [0.1, 0.15) is 23.2 Å². The van der Waals surface area contributed by atoms with Gasteiger partial charge in [0, 0.05) is 18.3 Å². The van der Waals surface area contributed by atoms with Crippen LogP contribution in [0.5, 0.6) is 5.75 Å². The van der Waals surface area contributed by atoms with Crippen LogP contribution < -0.4 is 15.4 Å². The third kappa shape index (κ3) is 4.48. The van der Waals surface area contributed by atoms with Crippen LogP contribution >= 0.6 is 0 Å². The van der Waals surface area contributed by atoms with Gasteiger partial charge in [-0.05, 0) is 54.8 Å². The first-order valence-electron chi connectivity index (χ1n) is 13.6. The van der Waals surface area contributed by atoms with Crippen molar-refractivity contribution in [1.82, 2.24) is 10.2 Å². The molecule has 2 bridgehead atoms. The number of likely N-dealkylation sites (tertiary alicyclic amines) is 1. The summed E-state index contributed by atoms with van der Waals surface area (Å²) in [6.07, 6.45) is 8.02. The number of halogens is 1. The number of hydrogen-bond donors (Lipinski definition) is 2. The van der Waals surface area contributed by atoms with Crippen LogP contribution in [0.1, 0.15) is 37.7 Å². The summed E-state index contributed by atoms with van der Waals surface area (Å²) in [6.45, 7) is 0.106. The Bertz CT molecular complexity index is 1290. The first kappa shape index (κ1) is 25.6. The van der Waals surface area contributed by atoms with Crippen molar-refractivity contribution in [3.63, 3.8) is 0 Å². The minimum absolute atomic E-state index is 0.0428. The molecule has 0 radical (unpaired) electrons. The number of methoxy groups -OCH3 is 1. The minimum Gasteiger partial charge on any atom is -0.497 e. The molecule has 1 aliphatic carbocycles. The van der Waals surface area contributed by atoms with Crippen LogP contribution in [0.25, 0.3) is 0 Å². The summed E-state index contributed by atoms with van der Waals surface area (Å²) in [6, 6.07) is 11.9. The number of ether oxygens (including phenoxy) is 2. The zero-order chi connectivity index (χ0) is 27.1. The molecule has 0 aromatic heterocycles. The summed E-state index contributed by atoms with van der Waals surface area (Å²) >= 11 is 0. The Balaban J connectivity index is 1.30. The Kier molecular flexibility index (Phi) is 6.62. The van der Waals surface area contributed by atoms with Gasteiger partial charge in [0.2, 0.25) is 17.7 Å². The van der Waals surface area contributed by atoms with E-state index in [1.807, 2.05) is 0 Å². The molecule has 3 aliphatic heterocycles. The molecule has 2 aromatic carbocycles. The maximum atomic E-state index is 14.1. The Hall–Kier alpha value is -3.72. The third-order valence-corrected chi connectivity index (χ3v) is 8.50. The first-order valence-corrected chi connectivity index (χ1v) is 13.6. The standard InChI is InChI=1S/C30H32FN3O5/c1-38-22-13-11-21(12-14-22)32-27(35)24-23-15-16-30(39-23)25(24)29(37)34(17-18-7-9-19(31)10-8-18)26(30)28(36)33-20-5-3-2-4-6-20/h7-16,20,23-26H,2-6,17H2,1H3,(H,32,35)(H,33,36)/t23-,24-,25-,26+,30-/m0/s1. The summed E-state index contributed by atoms with van der Waals surface area (Å²) in [5.41, 5.74) is 0.0128. The number of amides is 3. The molecule has 3 heterocycles. The van der Waals surface area contributed by atoms with E-state index in [0.29, 0.717) is 17.0 Å². The van der Waals surface area contributed by atoms with Crippen molar-refractivity contribution in [2.75, 3.05) is 12.4 Å². The quantitative estimate of drug-likeness (QED) is 0.531. The predicted octanol–water partition coefficient (Wildman–Crippen LogP) is 3.57. The molecule has 2 aromatic rings. The Morgan fingerprint density at radius 2 is 1.77 bits per heavy atom. The van der Waals surface area contributed by atoms with Gasteiger partial charge in [0.25, 0.3) is 0 Å². The number of hydrogen-bond acceptors (Lipinski definition) is 5. The molecule has 9 heteroatoms. The largest absolute Gasteiger partial charge is 0.497 e. The molecule has 3 amide bonds. The number of carbonyl (C=O) groups is 3. The summed E-state index contributed by atoms with van der Waals surface area (Å²) in [4.78, 5) is 43.0. The lowest BCUT2D eigenvalue weighted by molar-refractivity contribution is -0.142. The summed E-state index contributed by atoms with van der Waals surface area (Å²) in [5, 5.41) is 6.08. The van der Waals surface area contributed by atoms with Crippen molar-refractivity contribution in [3.05, 3.63) is 72.1 Å². The van der Waals surface area contributed by atoms with E-state index < -0.39 is 29.6 Å². The number of fused-ring (bicyclic) bond motifs is 1. The maximum absolute atomic E-state index is 14.1. The van der Waals surface area contributed by atoms with E-state index in [-0.39, 0.29) is 36.1 Å². The van der Waals surface area contributed by atoms with Gasteiger partial charge in [-0.1, -0.05) is 43.5 Å². The molecule has 8 nitrogen and oxygen atoms in total. The van der Waals surface area contributed by atoms with Gasteiger partial charge < -0.3 is 25.0 Å². The highest BCUT2D eigenvalue weighted by atomic mass is 19.1. The average molecular weight is 534 g/mol. The van der Waals surface area contributed by atoms with Crippen molar-refractivity contribution in [2.45, 2.75) is 62.4 Å². The Morgan fingerprint density at radius 3 is 2.46 bits per heavy atom. The molecule has 1 spiro atoms. The number of anilines is 1. The lowest BCUT2D eigenvalue weighted by Gasteiger charge is -2.34. The highest BCUT2D eigenvalue weighted by Gasteiger charge is 2.72. The van der Waals surface area contributed by atoms with Crippen molar-refractivity contribution >= 4 is 23.4 Å². The number of rotatable bonds is 7. The lowest BCUT2D eigenvalue weighted by Crippen LogP contribution is -2.56. The van der Waals surface area contributed by atoms with E-state index in [1.165, 1.54) is 17.0 Å². The van der Waals surface area contributed by atoms with Gasteiger partial charge in [-0.25, -0.2) is 4.39 Å². The fourth-order valence-electron chi connectivity index (χ4n) is 6.65. The molecule has 6 rings (SSSR count). The van der Waals surface area contributed by atoms with Crippen LogP contribution in [0.4, 0.5) is 10.1 Å². The molecule has 3 fully saturated rings. The zero-order valence-corrected chi connectivity index (χ0v) is 21.8. The van der Waals surface area contributed by atoms with Crippen LogP contribution in [0.15, 0.2) is 60.7 Å². The predicted molar refractivity (Wildman–Crippen MR) is 141 cm³/mol. The summed E-state index contributed by atoms with van der Waals surface area (Å²) < 4.78 is 25.2. The normalized spacial score (nSPS) is 29.4. The second kappa shape index (κ2) is 10.1. The number of carbonyl (C=O) groups excluding carboxylic acids is 3. The smallest absolute Gasteiger partial charge is 0.246 e. The topological polar surface area (TPSA) is 97.0 Å². The highest BCUT2D eigenvalue weighted by Crippen LogP contribution is 2.55. The fraction of sp³-hybridized carbons (Fsp3) is 0.433. The van der Waals surface area contributed by atoms with E-state index in [4.69, 9.17) is 9.47 Å². The molecular weight excluding hydrogens is 501 g/mol. The van der Waals surface area contributed by atoms with Crippen LogP contribution in [-0.4, -0.2) is 53.5 Å². The monoisotopic (exact) mass is 533 g/mol. The molecule has 5 atom stereocenters. The van der Waals surface area contributed by atoms with E-state index in [2.05, 4.69) is 10.6 Å². The molecule has 204 valence electrons. The van der Waals surface area contributed by atoms with Gasteiger partial charge in [0.15, 0.2) is 0 Å². The molecule has 2 saturated heterocycles. The van der Waals surface area contributed by atoms with Crippen LogP contribution in [0, 0.1) is 17.7 Å². The number of benzene rings is 2. The van der Waals surface area contributed by atoms with E-state index >= 15 is 0 Å². The average Bonchev–Trinajstić information content (AvgIpc) is 3.58. The van der Waals surface area contributed by atoms with E-state index in [1.54, 1.807) is 55.7 Å². The van der Waals surface area contributed by atoms with Crippen LogP contribution in [0.3, 0.4) is 0 Å². The molecule has 1 saturated carbocycles. The van der Waals surface area contributed by atoms with Gasteiger partial charge >= 0.3 is 0 Å². The molecule has 4 aliphatic rings. The Labute approximate surface area is 226 Å². The lowest BCUT2D eigenvalue weighted by atomic mass is 9.74. The Morgan fingerprint density at radius 1 is 1.05 bits per heavy atom. The summed E-state index contributed by atoms with van der Waals surface area (Å²) in [5.74, 6) is -2.31. The minimum atomic E-state index is -1.25. The number of nitrogens with one attached hydrogen (secondary N) is 2. The second-order valence-corrected chi connectivity index (χ2v) is 10.9. The third-order valence-electron chi connectivity index (χ3n) is 8.50. The maximum Gasteiger partial charge on any atom is 0.246 e. The number of nitrogens with zero attached hydrogens (tertiary/aromatic N) is 1. The van der Waals surface area contributed by atoms with Crippen molar-refractivity contribution in [2.24, 2.45) is 11.8 Å². The molecule has 0 unspecified atom stereocenters. The van der Waals surface area contributed by atoms with Gasteiger partial charge in [-0.2, -0.15) is 0 Å². The molecule has 2 N–H and O–H groups in total. The van der Waals surface area contributed by atoms with Crippen LogP contribution in [-0.2, 0) is 25.7 Å². The first-order chi connectivity index (χ1) is 18.9. The fourth-order valence-corrected chi connectivity index (χ4v) is 6.65. The summed E-state index contributed by atoms with van der Waals surface area (Å²) in [7, 11) is 1.57. The molecule has 39 heavy (non-hydrogen) atoms. The van der Waals surface area contributed by atoms with E-state index in [9.17, 15) is 18.8 Å². The SMILES string of the molecule is COc1ccc(NC(=O)[C@H]2[C@@H]3C=C[C@]4(O3)[C@@H]2C(=O)N(Cc2ccc(F)cc2)[C@@H]4C(=O)NC2CCCCC2)cc1. The van der Waals surface area contributed by atoms with Gasteiger partial charge in [-0.3, -0.25) is 14.4 Å². The second-order valence-electron chi connectivity index (χ2n) is 10.9.